The summed E-state index contributed by atoms with van der Waals surface area (Å²) >= 11 is 0. The van der Waals surface area contributed by atoms with Crippen molar-refractivity contribution in [3.8, 4) is 5.75 Å². The predicted octanol–water partition coefficient (Wildman–Crippen LogP) is 3.34. The van der Waals surface area contributed by atoms with E-state index < -0.39 is 5.97 Å². The van der Waals surface area contributed by atoms with Gasteiger partial charge in [-0.1, -0.05) is 23.8 Å². The minimum atomic E-state index is -0.442. The molecule has 0 heterocycles. The van der Waals surface area contributed by atoms with E-state index in [1.165, 1.54) is 19.8 Å². The van der Waals surface area contributed by atoms with Crippen LogP contribution in [-0.2, 0) is 11.3 Å². The molecular weight excluding hydrogens is 433 g/mol. The van der Waals surface area contributed by atoms with Crippen molar-refractivity contribution in [1.82, 2.24) is 0 Å². The average Bonchev–Trinajstić information content (AvgIpc) is 2.61. The quantitative estimate of drug-likeness (QED) is 0.313. The van der Waals surface area contributed by atoms with E-state index in [2.05, 4.69) is 10.3 Å². The number of rotatable bonds is 5. The lowest BCUT2D eigenvalue weighted by molar-refractivity contribution is 0.0597. The van der Waals surface area contributed by atoms with E-state index in [1.807, 2.05) is 31.2 Å². The first-order chi connectivity index (χ1) is 11.5. The van der Waals surface area contributed by atoms with Gasteiger partial charge in [-0.05, 0) is 36.8 Å². The molecule has 2 aromatic rings. The summed E-state index contributed by atoms with van der Waals surface area (Å²) in [7, 11) is 2.83. The first-order valence-corrected chi connectivity index (χ1v) is 7.42. The fourth-order valence-corrected chi connectivity index (χ4v) is 2.11. The largest absolute Gasteiger partial charge is 0.496 e. The molecule has 0 aromatic heterocycles. The maximum absolute atomic E-state index is 11.6. The third kappa shape index (κ3) is 5.93. The lowest BCUT2D eigenvalue weighted by Gasteiger charge is -2.09. The first kappa shape index (κ1) is 20.8. The minimum Gasteiger partial charge on any atom is -0.496 e. The summed E-state index contributed by atoms with van der Waals surface area (Å²) in [6.07, 6.45) is 0. The maximum atomic E-state index is 11.6. The first-order valence-electron chi connectivity index (χ1n) is 7.42. The molecule has 0 spiro atoms. The Kier molecular flexibility index (Phi) is 8.20. The topological polar surface area (TPSA) is 85.9 Å². The number of anilines is 1. The monoisotopic (exact) mass is 455 g/mol. The summed E-state index contributed by atoms with van der Waals surface area (Å²) in [6, 6.07) is 13.0. The summed E-state index contributed by atoms with van der Waals surface area (Å²) in [5.74, 6) is 0.317. The highest BCUT2D eigenvalue weighted by molar-refractivity contribution is 14.0. The molecule has 2 aromatic carbocycles. The van der Waals surface area contributed by atoms with Gasteiger partial charge < -0.3 is 20.5 Å². The average molecular weight is 455 g/mol. The molecule has 7 heteroatoms. The van der Waals surface area contributed by atoms with Gasteiger partial charge in [0.05, 0.1) is 20.8 Å². The molecule has 25 heavy (non-hydrogen) atoms. The van der Waals surface area contributed by atoms with Crippen LogP contribution in [0.4, 0.5) is 5.69 Å². The molecule has 0 aliphatic carbocycles. The Hall–Kier alpha value is -2.29. The Bertz CT molecular complexity index is 746. The van der Waals surface area contributed by atoms with E-state index in [4.69, 9.17) is 15.2 Å². The zero-order valence-electron chi connectivity index (χ0n) is 14.4. The predicted molar refractivity (Wildman–Crippen MR) is 110 cm³/mol. The molecule has 0 aliphatic heterocycles. The van der Waals surface area contributed by atoms with E-state index in [1.54, 1.807) is 18.2 Å². The highest BCUT2D eigenvalue weighted by Gasteiger charge is 2.12. The molecule has 134 valence electrons. The number of guanidine groups is 1. The van der Waals surface area contributed by atoms with Crippen LogP contribution in [0, 0.1) is 6.92 Å². The summed E-state index contributed by atoms with van der Waals surface area (Å²) < 4.78 is 9.94. The van der Waals surface area contributed by atoms with Crippen LogP contribution in [0.5, 0.6) is 5.75 Å². The number of hydrogen-bond donors (Lipinski definition) is 2. The number of esters is 1. The molecule has 0 saturated carbocycles. The third-order valence-electron chi connectivity index (χ3n) is 3.43. The van der Waals surface area contributed by atoms with Gasteiger partial charge in [-0.2, -0.15) is 0 Å². The number of halogens is 1. The van der Waals surface area contributed by atoms with E-state index in [-0.39, 0.29) is 24.0 Å². The van der Waals surface area contributed by atoms with Crippen molar-refractivity contribution >= 4 is 41.6 Å². The third-order valence-corrected chi connectivity index (χ3v) is 3.43. The number of nitrogens with zero attached hydrogens (tertiary/aromatic N) is 1. The van der Waals surface area contributed by atoms with E-state index in [9.17, 15) is 4.79 Å². The second kappa shape index (κ2) is 9.87. The fourth-order valence-electron chi connectivity index (χ4n) is 2.11. The van der Waals surface area contributed by atoms with Gasteiger partial charge in [0.15, 0.2) is 5.96 Å². The second-order valence-electron chi connectivity index (χ2n) is 5.22. The summed E-state index contributed by atoms with van der Waals surface area (Å²) in [5.41, 5.74) is 9.19. The molecule has 0 bridgehead atoms. The lowest BCUT2D eigenvalue weighted by atomic mass is 10.1. The van der Waals surface area contributed by atoms with Crippen LogP contribution >= 0.6 is 24.0 Å². The van der Waals surface area contributed by atoms with Crippen LogP contribution in [0.15, 0.2) is 47.5 Å². The van der Waals surface area contributed by atoms with Gasteiger partial charge in [-0.25, -0.2) is 9.79 Å². The van der Waals surface area contributed by atoms with Gasteiger partial charge in [0.25, 0.3) is 0 Å². The Balaban J connectivity index is 0.00000312. The van der Waals surface area contributed by atoms with Gasteiger partial charge in [-0.3, -0.25) is 0 Å². The van der Waals surface area contributed by atoms with Crippen molar-refractivity contribution in [2.45, 2.75) is 13.5 Å². The molecule has 0 aliphatic rings. The van der Waals surface area contributed by atoms with Crippen molar-refractivity contribution in [2.24, 2.45) is 10.7 Å². The molecule has 0 saturated heterocycles. The number of nitrogens with one attached hydrogen (secondary N) is 1. The Morgan fingerprint density at radius 3 is 2.44 bits per heavy atom. The summed E-state index contributed by atoms with van der Waals surface area (Å²) in [5, 5.41) is 3.03. The maximum Gasteiger partial charge on any atom is 0.341 e. The number of aryl methyl sites for hydroxylation is 1. The number of nitrogens with two attached hydrogens (primary N) is 1. The van der Waals surface area contributed by atoms with E-state index in [0.717, 1.165) is 11.3 Å². The van der Waals surface area contributed by atoms with E-state index >= 15 is 0 Å². The molecule has 0 radical (unpaired) electrons. The molecule has 0 fully saturated rings. The number of methoxy groups -OCH3 is 2. The normalized spacial score (nSPS) is 10.6. The number of hydrogen-bond acceptors (Lipinski definition) is 4. The highest BCUT2D eigenvalue weighted by Crippen LogP contribution is 2.21. The number of carbonyl (C=O) groups is 1. The van der Waals surface area contributed by atoms with Gasteiger partial charge >= 0.3 is 5.97 Å². The summed E-state index contributed by atoms with van der Waals surface area (Å²) in [4.78, 5) is 15.9. The second-order valence-corrected chi connectivity index (χ2v) is 5.22. The van der Waals surface area contributed by atoms with Crippen molar-refractivity contribution in [1.29, 1.82) is 0 Å². The molecule has 2 rings (SSSR count). The Morgan fingerprint density at radius 2 is 1.84 bits per heavy atom. The number of carbonyl (C=O) groups excluding carboxylic acids is 1. The molecule has 6 nitrogen and oxygen atoms in total. The molecule has 0 atom stereocenters. The minimum absolute atomic E-state index is 0. The van der Waals surface area contributed by atoms with Crippen LogP contribution in [0.3, 0.4) is 0 Å². The zero-order valence-corrected chi connectivity index (χ0v) is 16.7. The fraction of sp³-hybridized carbons (Fsp3) is 0.222. The van der Waals surface area contributed by atoms with Crippen molar-refractivity contribution in [3.63, 3.8) is 0 Å². The van der Waals surface area contributed by atoms with Crippen LogP contribution in [0.25, 0.3) is 0 Å². The number of aliphatic imine (C=N–C) groups is 1. The Labute approximate surface area is 164 Å². The molecule has 0 amide bonds. The zero-order chi connectivity index (χ0) is 17.5. The van der Waals surface area contributed by atoms with Gasteiger partial charge in [0, 0.05) is 5.69 Å². The summed E-state index contributed by atoms with van der Waals surface area (Å²) in [6.45, 7) is 2.38. The number of ether oxygens (including phenoxy) is 2. The van der Waals surface area contributed by atoms with Crippen LogP contribution < -0.4 is 15.8 Å². The smallest absolute Gasteiger partial charge is 0.341 e. The van der Waals surface area contributed by atoms with Crippen LogP contribution in [-0.4, -0.2) is 26.1 Å². The van der Waals surface area contributed by atoms with Crippen molar-refractivity contribution < 1.29 is 14.3 Å². The van der Waals surface area contributed by atoms with Crippen LogP contribution in [0.1, 0.15) is 21.5 Å². The number of benzene rings is 2. The van der Waals surface area contributed by atoms with Crippen molar-refractivity contribution in [2.75, 3.05) is 19.5 Å². The van der Waals surface area contributed by atoms with Gasteiger partial charge in [-0.15, -0.1) is 24.0 Å². The standard InChI is InChI=1S/C18H21N3O3.HI/c1-12-4-7-14(8-5-12)21-18(19)20-11-13-6-9-15(17(22)24-3)16(10-13)23-2;/h4-10H,11H2,1-3H3,(H3,19,20,21);1H. The van der Waals surface area contributed by atoms with Crippen molar-refractivity contribution in [3.05, 3.63) is 59.2 Å². The highest BCUT2D eigenvalue weighted by atomic mass is 127. The van der Waals surface area contributed by atoms with Gasteiger partial charge in [0.2, 0.25) is 0 Å². The molecule has 0 unspecified atom stereocenters. The molecular formula is C18H22IN3O3. The van der Waals surface area contributed by atoms with E-state index in [0.29, 0.717) is 23.8 Å². The lowest BCUT2D eigenvalue weighted by Crippen LogP contribution is -2.22. The molecule has 3 N–H and O–H groups in total. The SMILES string of the molecule is COC(=O)c1ccc(CN=C(N)Nc2ccc(C)cc2)cc1OC.I. The van der Waals surface area contributed by atoms with Gasteiger partial charge in [0.1, 0.15) is 11.3 Å². The Morgan fingerprint density at radius 1 is 1.16 bits per heavy atom. The van der Waals surface area contributed by atoms with Crippen LogP contribution in [0.2, 0.25) is 0 Å².